The molecule has 0 spiro atoms. The van der Waals surface area contributed by atoms with Crippen LogP contribution in [0.15, 0.2) is 57.8 Å². The first-order chi connectivity index (χ1) is 11.5. The van der Waals surface area contributed by atoms with Crippen LogP contribution in [0.5, 0.6) is 0 Å². The van der Waals surface area contributed by atoms with Gasteiger partial charge in [0.25, 0.3) is 5.56 Å². The highest BCUT2D eigenvalue weighted by atomic mass is 79.9. The fourth-order valence-electron chi connectivity index (χ4n) is 3.11. The lowest BCUT2D eigenvalue weighted by molar-refractivity contribution is 0.101. The van der Waals surface area contributed by atoms with Crippen LogP contribution in [-0.4, -0.2) is 10.4 Å². The van der Waals surface area contributed by atoms with Crippen molar-refractivity contribution < 1.29 is 4.79 Å². The molecule has 122 valence electrons. The Bertz CT molecular complexity index is 974. The van der Waals surface area contributed by atoms with Gasteiger partial charge in [0.15, 0.2) is 5.78 Å². The summed E-state index contributed by atoms with van der Waals surface area (Å²) in [5, 5.41) is 0.911. The van der Waals surface area contributed by atoms with E-state index in [4.69, 9.17) is 0 Å². The summed E-state index contributed by atoms with van der Waals surface area (Å²) < 4.78 is 2.63. The molecule has 0 unspecified atom stereocenters. The number of rotatable bonds is 4. The third-order valence-corrected chi connectivity index (χ3v) is 4.58. The molecule has 0 atom stereocenters. The topological polar surface area (TPSA) is 39.1 Å². The molecule has 3 rings (SSSR count). The predicted molar refractivity (Wildman–Crippen MR) is 102 cm³/mol. The maximum Gasteiger partial charge on any atom is 0.262 e. The van der Waals surface area contributed by atoms with Crippen molar-refractivity contribution in [1.29, 1.82) is 0 Å². The van der Waals surface area contributed by atoms with Crippen LogP contribution in [0.25, 0.3) is 22.0 Å². The number of benzene rings is 2. The molecule has 1 aromatic heterocycles. The van der Waals surface area contributed by atoms with Crippen molar-refractivity contribution >= 4 is 32.6 Å². The van der Waals surface area contributed by atoms with Gasteiger partial charge in [-0.3, -0.25) is 9.59 Å². The summed E-state index contributed by atoms with van der Waals surface area (Å²) in [7, 11) is 0. The Balaban J connectivity index is 2.55. The summed E-state index contributed by atoms with van der Waals surface area (Å²) in [5.74, 6) is -0.203. The monoisotopic (exact) mass is 383 g/mol. The van der Waals surface area contributed by atoms with E-state index in [1.165, 1.54) is 6.92 Å². The molecular formula is C20H18BrNO2. The first kappa shape index (κ1) is 16.7. The standard InChI is InChI=1S/C20H18BrNO2/c1-3-11-22-17-10-9-15(21)12-16(17)19(14-7-5-4-6-8-14)18(13(2)23)20(22)24/h4-10,12H,3,11H2,1-2H3. The molecule has 0 N–H and O–H groups in total. The Morgan fingerprint density at radius 2 is 1.83 bits per heavy atom. The first-order valence-electron chi connectivity index (χ1n) is 7.97. The molecule has 0 aliphatic carbocycles. The molecule has 0 saturated carbocycles. The Kier molecular flexibility index (Phi) is 4.67. The third-order valence-electron chi connectivity index (χ3n) is 4.09. The predicted octanol–water partition coefficient (Wildman–Crippen LogP) is 5.04. The second kappa shape index (κ2) is 6.73. The zero-order valence-electron chi connectivity index (χ0n) is 13.7. The number of halogens is 1. The largest absolute Gasteiger partial charge is 0.308 e. The number of Topliss-reactive ketones (excluding diaryl/α,β-unsaturated/α-hetero) is 1. The van der Waals surface area contributed by atoms with Crippen molar-refractivity contribution in [2.45, 2.75) is 26.8 Å². The highest BCUT2D eigenvalue weighted by molar-refractivity contribution is 9.10. The van der Waals surface area contributed by atoms with Crippen LogP contribution in [-0.2, 0) is 6.54 Å². The van der Waals surface area contributed by atoms with Gasteiger partial charge in [0.2, 0.25) is 0 Å². The fraction of sp³-hybridized carbons (Fsp3) is 0.200. The molecule has 0 bridgehead atoms. The number of nitrogens with zero attached hydrogens (tertiary/aromatic N) is 1. The summed E-state index contributed by atoms with van der Waals surface area (Å²) in [6, 6.07) is 15.5. The van der Waals surface area contributed by atoms with Gasteiger partial charge < -0.3 is 4.57 Å². The summed E-state index contributed by atoms with van der Waals surface area (Å²) in [6.45, 7) is 4.07. The minimum absolute atomic E-state index is 0.203. The van der Waals surface area contributed by atoms with E-state index in [9.17, 15) is 9.59 Å². The van der Waals surface area contributed by atoms with Gasteiger partial charge in [0, 0.05) is 22.0 Å². The van der Waals surface area contributed by atoms with E-state index in [-0.39, 0.29) is 16.9 Å². The number of carbonyl (C=O) groups excluding carboxylic acids is 1. The lowest BCUT2D eigenvalue weighted by Gasteiger charge is -2.17. The summed E-state index contributed by atoms with van der Waals surface area (Å²) in [4.78, 5) is 25.3. The zero-order valence-corrected chi connectivity index (χ0v) is 15.3. The number of pyridine rings is 1. The van der Waals surface area contributed by atoms with Gasteiger partial charge in [-0.25, -0.2) is 0 Å². The van der Waals surface area contributed by atoms with Crippen molar-refractivity contribution in [3.8, 4) is 11.1 Å². The Morgan fingerprint density at radius 1 is 1.12 bits per heavy atom. The molecule has 0 amide bonds. The molecule has 0 aliphatic rings. The number of aromatic nitrogens is 1. The van der Waals surface area contributed by atoms with Gasteiger partial charge >= 0.3 is 0 Å². The van der Waals surface area contributed by atoms with Crippen LogP contribution in [0.2, 0.25) is 0 Å². The molecule has 4 heteroatoms. The number of fused-ring (bicyclic) bond motifs is 1. The van der Waals surface area contributed by atoms with E-state index >= 15 is 0 Å². The summed E-state index contributed by atoms with van der Waals surface area (Å²) in [6.07, 6.45) is 0.826. The molecule has 0 radical (unpaired) electrons. The number of aryl methyl sites for hydroxylation is 1. The molecule has 1 heterocycles. The normalized spacial score (nSPS) is 11.0. The number of hydrogen-bond acceptors (Lipinski definition) is 2. The maximum atomic E-state index is 13.0. The van der Waals surface area contributed by atoms with Crippen molar-refractivity contribution in [2.24, 2.45) is 0 Å². The van der Waals surface area contributed by atoms with Gasteiger partial charge in [-0.15, -0.1) is 0 Å². The van der Waals surface area contributed by atoms with Gasteiger partial charge in [-0.1, -0.05) is 53.2 Å². The lowest BCUT2D eigenvalue weighted by atomic mass is 9.94. The van der Waals surface area contributed by atoms with Gasteiger partial charge in [0.05, 0.1) is 11.1 Å². The van der Waals surface area contributed by atoms with Gasteiger partial charge in [-0.05, 0) is 37.1 Å². The molecule has 0 fully saturated rings. The van der Waals surface area contributed by atoms with E-state index in [0.717, 1.165) is 32.9 Å². The van der Waals surface area contributed by atoms with Gasteiger partial charge in [0.1, 0.15) is 0 Å². The molecule has 0 saturated heterocycles. The zero-order chi connectivity index (χ0) is 17.3. The Hall–Kier alpha value is -2.20. The van der Waals surface area contributed by atoms with Crippen molar-refractivity contribution in [3.05, 3.63) is 68.9 Å². The Labute approximate surface area is 149 Å². The van der Waals surface area contributed by atoms with Crippen LogP contribution in [0.4, 0.5) is 0 Å². The molecule has 2 aromatic carbocycles. The van der Waals surface area contributed by atoms with E-state index in [0.29, 0.717) is 6.54 Å². The average molecular weight is 384 g/mol. The second-order valence-electron chi connectivity index (χ2n) is 5.79. The van der Waals surface area contributed by atoms with Crippen LogP contribution >= 0.6 is 15.9 Å². The minimum atomic E-state index is -0.210. The fourth-order valence-corrected chi connectivity index (χ4v) is 3.47. The smallest absolute Gasteiger partial charge is 0.262 e. The maximum absolute atomic E-state index is 13.0. The van der Waals surface area contributed by atoms with E-state index < -0.39 is 0 Å². The Morgan fingerprint density at radius 3 is 2.46 bits per heavy atom. The molecular weight excluding hydrogens is 366 g/mol. The summed E-state index contributed by atoms with van der Waals surface area (Å²) >= 11 is 3.51. The van der Waals surface area contributed by atoms with Crippen molar-refractivity contribution in [2.75, 3.05) is 0 Å². The van der Waals surface area contributed by atoms with Crippen molar-refractivity contribution in [1.82, 2.24) is 4.57 Å². The van der Waals surface area contributed by atoms with E-state index in [1.807, 2.05) is 55.5 Å². The number of carbonyl (C=O) groups is 1. The minimum Gasteiger partial charge on any atom is -0.308 e. The highest BCUT2D eigenvalue weighted by Crippen LogP contribution is 2.32. The highest BCUT2D eigenvalue weighted by Gasteiger charge is 2.20. The van der Waals surface area contributed by atoms with Crippen LogP contribution in [0.1, 0.15) is 30.6 Å². The second-order valence-corrected chi connectivity index (χ2v) is 6.71. The first-order valence-corrected chi connectivity index (χ1v) is 8.76. The summed E-state index contributed by atoms with van der Waals surface area (Å²) in [5.41, 5.74) is 2.51. The average Bonchev–Trinajstić information content (AvgIpc) is 2.57. The van der Waals surface area contributed by atoms with E-state index in [1.54, 1.807) is 4.57 Å². The third kappa shape index (κ3) is 2.82. The lowest BCUT2D eigenvalue weighted by Crippen LogP contribution is -2.27. The van der Waals surface area contributed by atoms with E-state index in [2.05, 4.69) is 15.9 Å². The SMILES string of the molecule is CCCn1c(=O)c(C(C)=O)c(-c2ccccc2)c2cc(Br)ccc21. The molecule has 24 heavy (non-hydrogen) atoms. The van der Waals surface area contributed by atoms with Gasteiger partial charge in [-0.2, -0.15) is 0 Å². The molecule has 3 nitrogen and oxygen atoms in total. The van der Waals surface area contributed by atoms with Crippen LogP contribution in [0.3, 0.4) is 0 Å². The van der Waals surface area contributed by atoms with Crippen molar-refractivity contribution in [3.63, 3.8) is 0 Å². The van der Waals surface area contributed by atoms with Crippen LogP contribution < -0.4 is 5.56 Å². The van der Waals surface area contributed by atoms with Crippen LogP contribution in [0, 0.1) is 0 Å². The molecule has 0 aliphatic heterocycles. The quantitative estimate of drug-likeness (QED) is 0.591. The number of hydrogen-bond donors (Lipinski definition) is 0. The number of ketones is 1. The molecule has 3 aromatic rings.